The van der Waals surface area contributed by atoms with Crippen LogP contribution >= 0.6 is 0 Å². The van der Waals surface area contributed by atoms with E-state index in [1.807, 2.05) is 0 Å². The molecule has 0 aliphatic carbocycles. The van der Waals surface area contributed by atoms with Crippen molar-refractivity contribution in [1.82, 2.24) is 0 Å². The lowest BCUT2D eigenvalue weighted by Crippen LogP contribution is -2.37. The Hall–Kier alpha value is -0.650. The van der Waals surface area contributed by atoms with Crippen LogP contribution in [0.3, 0.4) is 0 Å². The summed E-state index contributed by atoms with van der Waals surface area (Å²) in [5.41, 5.74) is 0. The number of carboxylic acid groups (broad SMARTS) is 1. The van der Waals surface area contributed by atoms with Crippen LogP contribution in [-0.4, -0.2) is 41.8 Å². The molecule has 0 aromatic rings. The van der Waals surface area contributed by atoms with Crippen LogP contribution in [-0.2, 0) is 14.3 Å². The molecule has 2 N–H and O–H groups in total. The van der Waals surface area contributed by atoms with E-state index in [1.165, 1.54) is 6.92 Å². The van der Waals surface area contributed by atoms with Crippen LogP contribution in [0.2, 0.25) is 0 Å². The monoisotopic (exact) mass is 176 g/mol. The maximum atomic E-state index is 10.4. The Kier molecular flexibility index (Phi) is 3.02. The fourth-order valence-corrected chi connectivity index (χ4v) is 1.01. The molecule has 1 rings (SSSR count). The topological polar surface area (TPSA) is 76.0 Å². The fourth-order valence-electron chi connectivity index (χ4n) is 1.01. The molecular formula is C7H12O5. The largest absolute Gasteiger partial charge is 0.481 e. The van der Waals surface area contributed by atoms with Crippen LogP contribution in [0.15, 0.2) is 0 Å². The quantitative estimate of drug-likeness (QED) is 0.602. The maximum Gasteiger partial charge on any atom is 0.308 e. The molecule has 0 bridgehead atoms. The molecule has 0 aromatic heterocycles. The van der Waals surface area contributed by atoms with Crippen molar-refractivity contribution in [2.24, 2.45) is 5.92 Å². The van der Waals surface area contributed by atoms with Crippen molar-refractivity contribution in [2.45, 2.75) is 19.1 Å². The highest BCUT2D eigenvalue weighted by molar-refractivity contribution is 5.70. The first-order valence-corrected chi connectivity index (χ1v) is 3.73. The van der Waals surface area contributed by atoms with Gasteiger partial charge in [0.1, 0.15) is 12.9 Å². The highest BCUT2D eigenvalue weighted by atomic mass is 16.7. The molecule has 0 radical (unpaired) electrons. The van der Waals surface area contributed by atoms with Gasteiger partial charge >= 0.3 is 5.97 Å². The molecule has 1 heterocycles. The predicted octanol–water partition coefficient (Wildman–Crippen LogP) is -0.559. The van der Waals surface area contributed by atoms with Gasteiger partial charge in [-0.25, -0.2) is 0 Å². The van der Waals surface area contributed by atoms with E-state index in [9.17, 15) is 9.90 Å². The second-order valence-electron chi connectivity index (χ2n) is 2.81. The van der Waals surface area contributed by atoms with Gasteiger partial charge in [-0.2, -0.15) is 0 Å². The van der Waals surface area contributed by atoms with Gasteiger partial charge in [0.2, 0.25) is 0 Å². The lowest BCUT2D eigenvalue weighted by Gasteiger charge is -2.19. The minimum Gasteiger partial charge on any atom is -0.481 e. The summed E-state index contributed by atoms with van der Waals surface area (Å²) in [5.74, 6) is -1.85. The molecule has 1 fully saturated rings. The molecule has 1 aliphatic heterocycles. The average Bonchev–Trinajstić information content (AvgIpc) is 2.53. The first-order valence-electron chi connectivity index (χ1n) is 3.73. The summed E-state index contributed by atoms with van der Waals surface area (Å²) in [4.78, 5) is 10.4. The van der Waals surface area contributed by atoms with E-state index >= 15 is 0 Å². The lowest BCUT2D eigenvalue weighted by atomic mass is 10.0. The first kappa shape index (κ1) is 9.44. The number of ether oxygens (including phenoxy) is 2. The van der Waals surface area contributed by atoms with E-state index < -0.39 is 24.1 Å². The Morgan fingerprint density at radius 1 is 1.67 bits per heavy atom. The Bertz CT molecular complexity index is 163. The van der Waals surface area contributed by atoms with E-state index in [-0.39, 0.29) is 13.4 Å². The van der Waals surface area contributed by atoms with Gasteiger partial charge in [-0.1, -0.05) is 0 Å². The second kappa shape index (κ2) is 3.84. The van der Waals surface area contributed by atoms with Crippen molar-refractivity contribution >= 4 is 5.97 Å². The summed E-state index contributed by atoms with van der Waals surface area (Å²) < 4.78 is 9.78. The van der Waals surface area contributed by atoms with Gasteiger partial charge in [-0.15, -0.1) is 0 Å². The summed E-state index contributed by atoms with van der Waals surface area (Å²) in [6.07, 6.45) is -1.50. The van der Waals surface area contributed by atoms with Crippen LogP contribution < -0.4 is 0 Å². The normalized spacial score (nSPS) is 28.3. The number of aliphatic hydroxyl groups excluding tert-OH is 1. The van der Waals surface area contributed by atoms with Crippen LogP contribution in [0.25, 0.3) is 0 Å². The molecule has 3 atom stereocenters. The number of rotatable bonds is 3. The predicted molar refractivity (Wildman–Crippen MR) is 38.5 cm³/mol. The average molecular weight is 176 g/mol. The number of hydrogen-bond donors (Lipinski definition) is 2. The molecule has 0 spiro atoms. The van der Waals surface area contributed by atoms with Gasteiger partial charge in [-0.05, 0) is 6.92 Å². The minimum atomic E-state index is -1.03. The van der Waals surface area contributed by atoms with E-state index in [0.29, 0.717) is 0 Å². The molecule has 0 amide bonds. The molecule has 70 valence electrons. The number of aliphatic hydroxyl groups is 1. The van der Waals surface area contributed by atoms with Gasteiger partial charge in [0.25, 0.3) is 0 Å². The van der Waals surface area contributed by atoms with E-state index in [2.05, 4.69) is 0 Å². The number of carboxylic acids is 1. The number of hydrogen-bond acceptors (Lipinski definition) is 4. The van der Waals surface area contributed by atoms with Crippen molar-refractivity contribution in [3.05, 3.63) is 0 Å². The van der Waals surface area contributed by atoms with Gasteiger partial charge in [0, 0.05) is 0 Å². The third kappa shape index (κ3) is 1.94. The van der Waals surface area contributed by atoms with Crippen LogP contribution in [0.4, 0.5) is 0 Å². The van der Waals surface area contributed by atoms with Crippen LogP contribution in [0, 0.1) is 5.92 Å². The zero-order chi connectivity index (χ0) is 9.14. The van der Waals surface area contributed by atoms with Crippen molar-refractivity contribution in [3.63, 3.8) is 0 Å². The third-order valence-electron chi connectivity index (χ3n) is 1.93. The molecule has 1 aliphatic rings. The Morgan fingerprint density at radius 2 is 2.33 bits per heavy atom. The smallest absolute Gasteiger partial charge is 0.308 e. The van der Waals surface area contributed by atoms with Crippen LogP contribution in [0.5, 0.6) is 0 Å². The highest BCUT2D eigenvalue weighted by Gasteiger charge is 2.32. The molecule has 0 aromatic carbocycles. The van der Waals surface area contributed by atoms with Crippen LogP contribution in [0.1, 0.15) is 6.92 Å². The van der Waals surface area contributed by atoms with E-state index in [0.717, 1.165) is 0 Å². The molecular weight excluding hydrogens is 164 g/mol. The molecule has 1 saturated heterocycles. The van der Waals surface area contributed by atoms with Crippen molar-refractivity contribution in [1.29, 1.82) is 0 Å². The summed E-state index contributed by atoms with van der Waals surface area (Å²) in [7, 11) is 0. The van der Waals surface area contributed by atoms with Crippen molar-refractivity contribution in [2.75, 3.05) is 13.4 Å². The molecule has 5 nitrogen and oxygen atoms in total. The minimum absolute atomic E-state index is 0.133. The summed E-state index contributed by atoms with van der Waals surface area (Å²) >= 11 is 0. The van der Waals surface area contributed by atoms with Gasteiger partial charge in [-0.3, -0.25) is 4.79 Å². The maximum absolute atomic E-state index is 10.4. The van der Waals surface area contributed by atoms with Gasteiger partial charge in [0.15, 0.2) is 0 Å². The van der Waals surface area contributed by atoms with Crippen molar-refractivity contribution in [3.8, 4) is 0 Å². The zero-order valence-electron chi connectivity index (χ0n) is 6.77. The van der Waals surface area contributed by atoms with E-state index in [4.69, 9.17) is 14.6 Å². The van der Waals surface area contributed by atoms with Gasteiger partial charge in [0.05, 0.1) is 18.6 Å². The number of carbonyl (C=O) groups is 1. The van der Waals surface area contributed by atoms with Crippen molar-refractivity contribution < 1.29 is 24.5 Å². The Morgan fingerprint density at radius 3 is 2.75 bits per heavy atom. The van der Waals surface area contributed by atoms with E-state index in [1.54, 1.807) is 0 Å². The lowest BCUT2D eigenvalue weighted by molar-refractivity contribution is -0.148. The molecule has 0 saturated carbocycles. The standard InChI is InChI=1S/C7H12O5/c1-4(7(9)10)6(8)5-2-11-3-12-5/h4-6,8H,2-3H2,1H3,(H,9,10)/t4?,5-,6+/m1/s1. The first-order chi connectivity index (χ1) is 5.63. The SMILES string of the molecule is CC(C(=O)O)[C@H](O)[C@H]1COCO1. The zero-order valence-corrected chi connectivity index (χ0v) is 6.77. The summed E-state index contributed by atoms with van der Waals surface area (Å²) in [6, 6.07) is 0. The second-order valence-corrected chi connectivity index (χ2v) is 2.81. The number of aliphatic carboxylic acids is 1. The summed E-state index contributed by atoms with van der Waals surface area (Å²) in [5, 5.41) is 18.0. The molecule has 5 heteroatoms. The molecule has 12 heavy (non-hydrogen) atoms. The fraction of sp³-hybridized carbons (Fsp3) is 0.857. The molecule has 1 unspecified atom stereocenters. The summed E-state index contributed by atoms with van der Waals surface area (Å²) in [6.45, 7) is 1.83. The van der Waals surface area contributed by atoms with Gasteiger partial charge < -0.3 is 19.7 Å². The Labute approximate surface area is 69.9 Å². The highest BCUT2D eigenvalue weighted by Crippen LogP contribution is 2.14. The third-order valence-corrected chi connectivity index (χ3v) is 1.93. The Balaban J connectivity index is 2.44.